The molecule has 2 aromatic heterocycles. The van der Waals surface area contributed by atoms with Crippen LogP contribution < -0.4 is 11.5 Å². The fourth-order valence-corrected chi connectivity index (χ4v) is 1.25. The van der Waals surface area contributed by atoms with Crippen LogP contribution >= 0.6 is 0 Å². The number of hydrogen-bond donors (Lipinski definition) is 2. The van der Waals surface area contributed by atoms with Gasteiger partial charge in [-0.05, 0) is 17.7 Å². The molecule has 2 aromatic rings. The highest BCUT2D eigenvalue weighted by Crippen LogP contribution is 2.27. The van der Waals surface area contributed by atoms with Crippen molar-refractivity contribution in [1.29, 1.82) is 0 Å². The molecule has 4 heteroatoms. The molecule has 14 heavy (non-hydrogen) atoms. The van der Waals surface area contributed by atoms with Crippen molar-refractivity contribution in [2.75, 3.05) is 11.5 Å². The maximum atomic E-state index is 5.83. The van der Waals surface area contributed by atoms with Crippen LogP contribution in [0.1, 0.15) is 0 Å². The third-order valence-corrected chi connectivity index (χ3v) is 2.01. The summed E-state index contributed by atoms with van der Waals surface area (Å²) in [5.74, 6) is 0. The number of hydrogen-bond acceptors (Lipinski definition) is 4. The summed E-state index contributed by atoms with van der Waals surface area (Å²) in [7, 11) is 0. The lowest BCUT2D eigenvalue weighted by Crippen LogP contribution is -1.98. The summed E-state index contributed by atoms with van der Waals surface area (Å²) in [6, 6.07) is 3.74. The quantitative estimate of drug-likeness (QED) is 0.703. The maximum Gasteiger partial charge on any atom is 0.0740 e. The molecule has 0 bridgehead atoms. The van der Waals surface area contributed by atoms with E-state index in [1.165, 1.54) is 0 Å². The van der Waals surface area contributed by atoms with Gasteiger partial charge in [-0.15, -0.1) is 0 Å². The second-order valence-electron chi connectivity index (χ2n) is 2.93. The molecule has 0 fully saturated rings. The van der Waals surface area contributed by atoms with Gasteiger partial charge in [-0.3, -0.25) is 9.97 Å². The largest absolute Gasteiger partial charge is 0.396 e. The average molecular weight is 186 g/mol. The molecular formula is C10H10N4. The summed E-state index contributed by atoms with van der Waals surface area (Å²) in [4.78, 5) is 7.93. The van der Waals surface area contributed by atoms with Gasteiger partial charge in [-0.1, -0.05) is 0 Å². The minimum absolute atomic E-state index is 0.499. The lowest BCUT2D eigenvalue weighted by molar-refractivity contribution is 1.31. The molecule has 0 spiro atoms. The van der Waals surface area contributed by atoms with Gasteiger partial charge < -0.3 is 11.5 Å². The van der Waals surface area contributed by atoms with Crippen LogP contribution in [0.2, 0.25) is 0 Å². The first-order chi connectivity index (χ1) is 6.79. The van der Waals surface area contributed by atoms with Gasteiger partial charge >= 0.3 is 0 Å². The van der Waals surface area contributed by atoms with E-state index in [-0.39, 0.29) is 0 Å². The Morgan fingerprint density at radius 3 is 2.36 bits per heavy atom. The van der Waals surface area contributed by atoms with Crippen molar-refractivity contribution in [2.45, 2.75) is 0 Å². The van der Waals surface area contributed by atoms with E-state index in [9.17, 15) is 0 Å². The van der Waals surface area contributed by atoms with Crippen LogP contribution in [0.15, 0.2) is 36.9 Å². The number of aromatic nitrogens is 2. The maximum absolute atomic E-state index is 5.83. The van der Waals surface area contributed by atoms with E-state index in [4.69, 9.17) is 11.5 Å². The van der Waals surface area contributed by atoms with Crippen molar-refractivity contribution in [1.82, 2.24) is 9.97 Å². The van der Waals surface area contributed by atoms with Crippen molar-refractivity contribution in [3.8, 4) is 11.1 Å². The smallest absolute Gasteiger partial charge is 0.0740 e. The molecule has 0 aliphatic carbocycles. The SMILES string of the molecule is Nc1cncc(-c2ccncc2)c1N. The van der Waals surface area contributed by atoms with Crippen LogP contribution in [-0.2, 0) is 0 Å². The molecular weight excluding hydrogens is 176 g/mol. The topological polar surface area (TPSA) is 77.8 Å². The van der Waals surface area contributed by atoms with Gasteiger partial charge in [-0.25, -0.2) is 0 Å². The minimum atomic E-state index is 0.499. The Kier molecular flexibility index (Phi) is 2.02. The van der Waals surface area contributed by atoms with Crippen LogP contribution in [0.25, 0.3) is 11.1 Å². The number of rotatable bonds is 1. The molecule has 4 nitrogen and oxygen atoms in total. The van der Waals surface area contributed by atoms with Gasteiger partial charge in [0.15, 0.2) is 0 Å². The Bertz CT molecular complexity index is 439. The van der Waals surface area contributed by atoms with Gasteiger partial charge in [0.2, 0.25) is 0 Å². The van der Waals surface area contributed by atoms with E-state index in [0.29, 0.717) is 11.4 Å². The number of pyridine rings is 2. The Balaban J connectivity index is 2.58. The molecule has 0 amide bonds. The van der Waals surface area contributed by atoms with E-state index >= 15 is 0 Å². The van der Waals surface area contributed by atoms with Crippen molar-refractivity contribution < 1.29 is 0 Å². The minimum Gasteiger partial charge on any atom is -0.396 e. The fraction of sp³-hybridized carbons (Fsp3) is 0. The summed E-state index contributed by atoms with van der Waals surface area (Å²) in [5.41, 5.74) is 14.4. The van der Waals surface area contributed by atoms with Crippen molar-refractivity contribution in [3.05, 3.63) is 36.9 Å². The number of nitrogens with two attached hydrogens (primary N) is 2. The van der Waals surface area contributed by atoms with Crippen molar-refractivity contribution >= 4 is 11.4 Å². The molecule has 0 aromatic carbocycles. The summed E-state index contributed by atoms with van der Waals surface area (Å²) >= 11 is 0. The normalized spacial score (nSPS) is 10.0. The van der Waals surface area contributed by atoms with Gasteiger partial charge in [0.1, 0.15) is 0 Å². The van der Waals surface area contributed by atoms with E-state index in [1.54, 1.807) is 24.8 Å². The number of anilines is 2. The monoisotopic (exact) mass is 186 g/mol. The highest BCUT2D eigenvalue weighted by Gasteiger charge is 2.04. The molecule has 70 valence electrons. The van der Waals surface area contributed by atoms with Crippen LogP contribution in [0.3, 0.4) is 0 Å². The van der Waals surface area contributed by atoms with E-state index < -0.39 is 0 Å². The zero-order chi connectivity index (χ0) is 9.97. The second kappa shape index (κ2) is 3.33. The van der Waals surface area contributed by atoms with Gasteiger partial charge in [0.25, 0.3) is 0 Å². The lowest BCUT2D eigenvalue weighted by atomic mass is 10.1. The summed E-state index contributed by atoms with van der Waals surface area (Å²) in [6.45, 7) is 0. The van der Waals surface area contributed by atoms with Gasteiger partial charge in [0.05, 0.1) is 17.6 Å². The average Bonchev–Trinajstić information content (AvgIpc) is 2.23. The molecule has 0 aliphatic heterocycles. The summed E-state index contributed by atoms with van der Waals surface area (Å²) in [6.07, 6.45) is 6.65. The van der Waals surface area contributed by atoms with Crippen molar-refractivity contribution in [3.63, 3.8) is 0 Å². The van der Waals surface area contributed by atoms with E-state index in [2.05, 4.69) is 9.97 Å². The highest BCUT2D eigenvalue weighted by molar-refractivity contribution is 5.82. The molecule has 2 rings (SSSR count). The van der Waals surface area contributed by atoms with Gasteiger partial charge in [0, 0.05) is 24.2 Å². The predicted molar refractivity (Wildman–Crippen MR) is 56.3 cm³/mol. The fourth-order valence-electron chi connectivity index (χ4n) is 1.25. The Labute approximate surface area is 81.6 Å². The molecule has 2 heterocycles. The first-order valence-electron chi connectivity index (χ1n) is 4.18. The molecule has 0 saturated carbocycles. The second-order valence-corrected chi connectivity index (χ2v) is 2.93. The highest BCUT2D eigenvalue weighted by atomic mass is 14.8. The van der Waals surface area contributed by atoms with E-state index in [1.807, 2.05) is 12.1 Å². The third kappa shape index (κ3) is 1.37. The first kappa shape index (κ1) is 8.50. The number of nitrogen functional groups attached to an aromatic ring is 2. The van der Waals surface area contributed by atoms with E-state index in [0.717, 1.165) is 11.1 Å². The molecule has 0 saturated heterocycles. The first-order valence-corrected chi connectivity index (χ1v) is 4.18. The van der Waals surface area contributed by atoms with Crippen LogP contribution in [0.4, 0.5) is 11.4 Å². The molecule has 0 radical (unpaired) electrons. The summed E-state index contributed by atoms with van der Waals surface area (Å²) < 4.78 is 0. The molecule has 0 aliphatic rings. The third-order valence-electron chi connectivity index (χ3n) is 2.01. The molecule has 4 N–H and O–H groups in total. The molecule has 0 atom stereocenters. The zero-order valence-electron chi connectivity index (χ0n) is 7.51. The zero-order valence-corrected chi connectivity index (χ0v) is 7.51. The van der Waals surface area contributed by atoms with Gasteiger partial charge in [-0.2, -0.15) is 0 Å². The Hall–Kier alpha value is -2.10. The molecule has 0 unspecified atom stereocenters. The number of nitrogens with zero attached hydrogens (tertiary/aromatic N) is 2. The lowest BCUT2D eigenvalue weighted by Gasteiger charge is -2.06. The Morgan fingerprint density at radius 2 is 1.64 bits per heavy atom. The van der Waals surface area contributed by atoms with Crippen LogP contribution in [0.5, 0.6) is 0 Å². The Morgan fingerprint density at radius 1 is 0.929 bits per heavy atom. The van der Waals surface area contributed by atoms with Crippen LogP contribution in [0, 0.1) is 0 Å². The van der Waals surface area contributed by atoms with Crippen molar-refractivity contribution in [2.24, 2.45) is 0 Å². The van der Waals surface area contributed by atoms with Crippen LogP contribution in [-0.4, -0.2) is 9.97 Å². The predicted octanol–water partition coefficient (Wildman–Crippen LogP) is 1.31. The standard InChI is InChI=1S/C10H10N4/c11-9-6-14-5-8(10(9)12)7-1-3-13-4-2-7/h1-6H,11H2,(H2,12,14). The summed E-state index contributed by atoms with van der Waals surface area (Å²) in [5, 5.41) is 0.